The Morgan fingerprint density at radius 3 is 2.28 bits per heavy atom. The summed E-state index contributed by atoms with van der Waals surface area (Å²) in [5, 5.41) is 0. The molecule has 2 aromatic rings. The molecule has 130 valence electrons. The molecule has 0 radical (unpaired) electrons. The highest BCUT2D eigenvalue weighted by Gasteiger charge is 2.17. The van der Waals surface area contributed by atoms with Crippen molar-refractivity contribution in [3.05, 3.63) is 71.0 Å². The fourth-order valence-corrected chi connectivity index (χ4v) is 2.35. The monoisotopic (exact) mass is 339 g/mol. The minimum absolute atomic E-state index is 0.00177. The molecule has 0 aliphatic carbocycles. The number of carbonyl (C=O) groups excluding carboxylic acids is 1. The second kappa shape index (κ2) is 9.61. The van der Waals surface area contributed by atoms with Gasteiger partial charge >= 0.3 is 0 Å². The summed E-state index contributed by atoms with van der Waals surface area (Å²) in [6.07, 6.45) is 0. The van der Waals surface area contributed by atoms with Crippen LogP contribution in [0, 0.1) is 17.7 Å². The Bertz CT molecular complexity index is 753. The molecule has 4 heteroatoms. The van der Waals surface area contributed by atoms with E-state index in [4.69, 9.17) is 4.74 Å². The summed E-state index contributed by atoms with van der Waals surface area (Å²) in [6, 6.07) is 13.5. The molecule has 2 aromatic carbocycles. The molecular formula is C21H22FNO2. The van der Waals surface area contributed by atoms with Gasteiger partial charge in [0, 0.05) is 24.2 Å². The summed E-state index contributed by atoms with van der Waals surface area (Å²) in [7, 11) is 0. The SMILES string of the molecule is CC.O=C(c1ccc(C#Cc2ccccc2F)cc1)N1CCOCC1. The van der Waals surface area contributed by atoms with E-state index >= 15 is 0 Å². The Kier molecular flexibility index (Phi) is 7.18. The molecule has 0 atom stereocenters. The van der Waals surface area contributed by atoms with Crippen molar-refractivity contribution in [1.29, 1.82) is 0 Å². The van der Waals surface area contributed by atoms with Gasteiger partial charge in [0.05, 0.1) is 18.8 Å². The van der Waals surface area contributed by atoms with Gasteiger partial charge in [-0.15, -0.1) is 0 Å². The van der Waals surface area contributed by atoms with Crippen molar-refractivity contribution in [2.24, 2.45) is 0 Å². The number of amides is 1. The average Bonchev–Trinajstić information content (AvgIpc) is 2.69. The van der Waals surface area contributed by atoms with Gasteiger partial charge in [0.2, 0.25) is 0 Å². The van der Waals surface area contributed by atoms with Crippen LogP contribution in [0.4, 0.5) is 4.39 Å². The number of halogens is 1. The lowest BCUT2D eigenvalue weighted by Gasteiger charge is -2.26. The van der Waals surface area contributed by atoms with Crippen molar-refractivity contribution in [3.63, 3.8) is 0 Å². The van der Waals surface area contributed by atoms with Gasteiger partial charge < -0.3 is 9.64 Å². The number of morpholine rings is 1. The molecule has 0 unspecified atom stereocenters. The van der Waals surface area contributed by atoms with E-state index in [2.05, 4.69) is 11.8 Å². The van der Waals surface area contributed by atoms with Gasteiger partial charge in [-0.2, -0.15) is 0 Å². The van der Waals surface area contributed by atoms with E-state index in [0.717, 1.165) is 5.56 Å². The van der Waals surface area contributed by atoms with Gasteiger partial charge in [-0.05, 0) is 36.4 Å². The van der Waals surface area contributed by atoms with E-state index in [0.29, 0.717) is 37.4 Å². The van der Waals surface area contributed by atoms with Crippen LogP contribution in [0.5, 0.6) is 0 Å². The zero-order valence-electron chi connectivity index (χ0n) is 14.6. The molecule has 1 saturated heterocycles. The quantitative estimate of drug-likeness (QED) is 0.741. The molecule has 0 aromatic heterocycles. The summed E-state index contributed by atoms with van der Waals surface area (Å²) in [5.41, 5.74) is 1.73. The van der Waals surface area contributed by atoms with Crippen molar-refractivity contribution in [1.82, 2.24) is 4.90 Å². The minimum Gasteiger partial charge on any atom is -0.378 e. The van der Waals surface area contributed by atoms with E-state index in [1.54, 1.807) is 47.4 Å². The summed E-state index contributed by atoms with van der Waals surface area (Å²) in [6.45, 7) is 6.40. The van der Waals surface area contributed by atoms with Gasteiger partial charge in [0.1, 0.15) is 5.82 Å². The predicted molar refractivity (Wildman–Crippen MR) is 96.9 cm³/mol. The predicted octanol–water partition coefficient (Wildman–Crippen LogP) is 3.72. The first-order valence-electron chi connectivity index (χ1n) is 8.48. The Balaban J connectivity index is 0.00000109. The Morgan fingerprint density at radius 2 is 1.64 bits per heavy atom. The highest BCUT2D eigenvalue weighted by atomic mass is 19.1. The molecule has 0 bridgehead atoms. The molecule has 25 heavy (non-hydrogen) atoms. The van der Waals surface area contributed by atoms with Gasteiger partial charge in [-0.1, -0.05) is 37.8 Å². The minimum atomic E-state index is -0.334. The van der Waals surface area contributed by atoms with Crippen LogP contribution in [-0.2, 0) is 4.74 Å². The number of nitrogens with zero attached hydrogens (tertiary/aromatic N) is 1. The van der Waals surface area contributed by atoms with Crippen LogP contribution in [0.2, 0.25) is 0 Å². The fourth-order valence-electron chi connectivity index (χ4n) is 2.35. The summed E-state index contributed by atoms with van der Waals surface area (Å²) in [5.74, 6) is 5.38. The molecule has 1 aliphatic rings. The zero-order chi connectivity index (χ0) is 18.1. The molecule has 1 heterocycles. The third kappa shape index (κ3) is 5.17. The molecule has 1 amide bonds. The molecule has 3 rings (SSSR count). The van der Waals surface area contributed by atoms with Crippen LogP contribution in [0.1, 0.15) is 35.3 Å². The summed E-state index contributed by atoms with van der Waals surface area (Å²) >= 11 is 0. The molecule has 1 fully saturated rings. The lowest BCUT2D eigenvalue weighted by molar-refractivity contribution is 0.0303. The van der Waals surface area contributed by atoms with E-state index < -0.39 is 0 Å². The topological polar surface area (TPSA) is 29.5 Å². The maximum atomic E-state index is 13.5. The molecule has 1 aliphatic heterocycles. The first kappa shape index (κ1) is 18.7. The fraction of sp³-hybridized carbons (Fsp3) is 0.286. The third-order valence-corrected chi connectivity index (χ3v) is 3.65. The van der Waals surface area contributed by atoms with Gasteiger partial charge in [0.15, 0.2) is 0 Å². The van der Waals surface area contributed by atoms with Crippen molar-refractivity contribution in [2.45, 2.75) is 13.8 Å². The van der Waals surface area contributed by atoms with E-state index in [1.807, 2.05) is 13.8 Å². The maximum absolute atomic E-state index is 13.5. The highest BCUT2D eigenvalue weighted by Crippen LogP contribution is 2.10. The van der Waals surface area contributed by atoms with Crippen molar-refractivity contribution >= 4 is 5.91 Å². The van der Waals surface area contributed by atoms with Crippen LogP contribution in [0.25, 0.3) is 0 Å². The van der Waals surface area contributed by atoms with Crippen LogP contribution in [-0.4, -0.2) is 37.1 Å². The first-order chi connectivity index (χ1) is 12.2. The lowest BCUT2D eigenvalue weighted by Crippen LogP contribution is -2.40. The number of ether oxygens (including phenoxy) is 1. The smallest absolute Gasteiger partial charge is 0.254 e. The molecule has 0 spiro atoms. The number of hydrogen-bond donors (Lipinski definition) is 0. The van der Waals surface area contributed by atoms with E-state index in [1.165, 1.54) is 6.07 Å². The number of hydrogen-bond acceptors (Lipinski definition) is 2. The first-order valence-corrected chi connectivity index (χ1v) is 8.48. The lowest BCUT2D eigenvalue weighted by atomic mass is 10.1. The average molecular weight is 339 g/mol. The number of benzene rings is 2. The van der Waals surface area contributed by atoms with Gasteiger partial charge in [0.25, 0.3) is 5.91 Å². The second-order valence-electron chi connectivity index (χ2n) is 5.21. The van der Waals surface area contributed by atoms with Crippen LogP contribution >= 0.6 is 0 Å². The molecule has 0 N–H and O–H groups in total. The summed E-state index contributed by atoms with van der Waals surface area (Å²) < 4.78 is 18.8. The molecule has 3 nitrogen and oxygen atoms in total. The summed E-state index contributed by atoms with van der Waals surface area (Å²) in [4.78, 5) is 14.1. The van der Waals surface area contributed by atoms with Crippen LogP contribution in [0.3, 0.4) is 0 Å². The maximum Gasteiger partial charge on any atom is 0.254 e. The standard InChI is InChI=1S/C19H16FNO2.C2H6/c20-18-4-2-1-3-16(18)8-5-15-6-9-17(10-7-15)19(22)21-11-13-23-14-12-21;1-2/h1-4,6-7,9-10H,11-14H2;1-2H3. The third-order valence-electron chi connectivity index (χ3n) is 3.65. The van der Waals surface area contributed by atoms with Crippen LogP contribution in [0.15, 0.2) is 48.5 Å². The van der Waals surface area contributed by atoms with Gasteiger partial charge in [-0.25, -0.2) is 4.39 Å². The van der Waals surface area contributed by atoms with Crippen LogP contribution < -0.4 is 0 Å². The van der Waals surface area contributed by atoms with Crippen molar-refractivity contribution in [3.8, 4) is 11.8 Å². The van der Waals surface area contributed by atoms with Gasteiger partial charge in [-0.3, -0.25) is 4.79 Å². The zero-order valence-corrected chi connectivity index (χ0v) is 14.6. The molecular weight excluding hydrogens is 317 g/mol. The van der Waals surface area contributed by atoms with Crippen molar-refractivity contribution in [2.75, 3.05) is 26.3 Å². The Hall–Kier alpha value is -2.64. The largest absolute Gasteiger partial charge is 0.378 e. The molecule has 0 saturated carbocycles. The normalized spacial score (nSPS) is 13.2. The highest BCUT2D eigenvalue weighted by molar-refractivity contribution is 5.94. The number of carbonyl (C=O) groups is 1. The number of rotatable bonds is 1. The van der Waals surface area contributed by atoms with E-state index in [9.17, 15) is 9.18 Å². The van der Waals surface area contributed by atoms with E-state index in [-0.39, 0.29) is 11.7 Å². The Morgan fingerprint density at radius 1 is 1.00 bits per heavy atom. The van der Waals surface area contributed by atoms with Crippen molar-refractivity contribution < 1.29 is 13.9 Å². The second-order valence-corrected chi connectivity index (χ2v) is 5.21. The Labute approximate surface area is 148 Å².